The smallest absolute Gasteiger partial charge is 0.351 e. The van der Waals surface area contributed by atoms with Crippen molar-refractivity contribution in [2.75, 3.05) is 0 Å². The van der Waals surface area contributed by atoms with E-state index in [2.05, 4.69) is 0 Å². The van der Waals surface area contributed by atoms with Gasteiger partial charge in [0.25, 0.3) is 0 Å². The molecule has 4 nitrogen and oxygen atoms in total. The monoisotopic (exact) mass is 246 g/mol. The number of benzene rings is 1. The molecule has 0 atom stereocenters. The summed E-state index contributed by atoms with van der Waals surface area (Å²) in [6, 6.07) is 6.62. The second kappa shape index (κ2) is 3.73. The summed E-state index contributed by atoms with van der Waals surface area (Å²) in [6.07, 6.45) is 1.37. The first-order valence-electron chi connectivity index (χ1n) is 5.16. The zero-order chi connectivity index (χ0) is 12.7. The van der Waals surface area contributed by atoms with Crippen molar-refractivity contribution in [3.05, 3.63) is 52.8 Å². The highest BCUT2D eigenvalue weighted by atomic mass is 19.1. The van der Waals surface area contributed by atoms with Gasteiger partial charge in [-0.2, -0.15) is 0 Å². The van der Waals surface area contributed by atoms with Crippen molar-refractivity contribution in [1.82, 2.24) is 0 Å². The van der Waals surface area contributed by atoms with Gasteiger partial charge >= 0.3 is 5.63 Å². The van der Waals surface area contributed by atoms with Crippen molar-refractivity contribution in [3.8, 4) is 17.1 Å². The molecule has 3 rings (SSSR count). The van der Waals surface area contributed by atoms with Gasteiger partial charge in [-0.25, -0.2) is 9.18 Å². The summed E-state index contributed by atoms with van der Waals surface area (Å²) >= 11 is 0. The molecule has 0 radical (unpaired) electrons. The molecule has 0 unspecified atom stereocenters. The molecule has 1 aromatic carbocycles. The van der Waals surface area contributed by atoms with Crippen LogP contribution in [0.5, 0.6) is 5.75 Å². The topological polar surface area (TPSA) is 63.6 Å². The van der Waals surface area contributed by atoms with Crippen LogP contribution < -0.4 is 5.63 Å². The normalized spacial score (nSPS) is 10.9. The Kier molecular flexibility index (Phi) is 2.19. The van der Waals surface area contributed by atoms with Gasteiger partial charge in [0.05, 0.1) is 11.6 Å². The number of fused-ring (bicyclic) bond motifs is 1. The minimum atomic E-state index is -0.735. The average molecular weight is 246 g/mol. The Bertz CT molecular complexity index is 772. The average Bonchev–Trinajstić information content (AvgIpc) is 2.84. The fraction of sp³-hybridized carbons (Fsp3) is 0. The number of aromatic hydroxyl groups is 1. The number of furan rings is 1. The molecule has 90 valence electrons. The van der Waals surface area contributed by atoms with Gasteiger partial charge in [0.15, 0.2) is 0 Å². The third-order valence-corrected chi connectivity index (χ3v) is 2.61. The van der Waals surface area contributed by atoms with Crippen molar-refractivity contribution in [3.63, 3.8) is 0 Å². The summed E-state index contributed by atoms with van der Waals surface area (Å²) in [5.74, 6) is -0.708. The van der Waals surface area contributed by atoms with Crippen molar-refractivity contribution >= 4 is 11.0 Å². The van der Waals surface area contributed by atoms with Gasteiger partial charge < -0.3 is 13.9 Å². The van der Waals surface area contributed by atoms with Crippen LogP contribution in [-0.4, -0.2) is 5.11 Å². The zero-order valence-corrected chi connectivity index (χ0v) is 9.01. The Labute approximate surface area is 99.9 Å². The molecular weight excluding hydrogens is 239 g/mol. The lowest BCUT2D eigenvalue weighted by Gasteiger charge is -2.04. The molecule has 0 aliphatic heterocycles. The molecule has 0 fully saturated rings. The minimum absolute atomic E-state index is 0.113. The molecule has 2 heterocycles. The Balaban J connectivity index is 2.43. The van der Waals surface area contributed by atoms with Crippen molar-refractivity contribution in [2.24, 2.45) is 0 Å². The molecular formula is C13H7FO4. The first kappa shape index (κ1) is 10.6. The number of halogens is 1. The maximum Gasteiger partial charge on any atom is 0.351 e. The van der Waals surface area contributed by atoms with E-state index in [1.165, 1.54) is 18.4 Å². The predicted molar refractivity (Wildman–Crippen MR) is 61.8 cm³/mol. The highest BCUT2D eigenvalue weighted by molar-refractivity contribution is 5.89. The van der Waals surface area contributed by atoms with E-state index in [1.807, 2.05) is 0 Å². The second-order valence-corrected chi connectivity index (χ2v) is 3.73. The van der Waals surface area contributed by atoms with Crippen molar-refractivity contribution < 1.29 is 18.3 Å². The molecule has 5 heteroatoms. The van der Waals surface area contributed by atoms with Crippen molar-refractivity contribution in [2.45, 2.75) is 0 Å². The lowest BCUT2D eigenvalue weighted by molar-refractivity contribution is 0.465. The summed E-state index contributed by atoms with van der Waals surface area (Å²) < 4.78 is 23.2. The summed E-state index contributed by atoms with van der Waals surface area (Å²) in [5, 5.41) is 10.2. The number of hydrogen-bond acceptors (Lipinski definition) is 4. The molecule has 3 aromatic rings. The first-order chi connectivity index (χ1) is 8.66. The summed E-state index contributed by atoms with van der Waals surface area (Å²) in [4.78, 5) is 11.8. The van der Waals surface area contributed by atoms with E-state index >= 15 is 0 Å². The van der Waals surface area contributed by atoms with E-state index in [-0.39, 0.29) is 28.0 Å². The quantitative estimate of drug-likeness (QED) is 0.670. The maximum atomic E-state index is 13.1. The van der Waals surface area contributed by atoms with Gasteiger partial charge in [-0.15, -0.1) is 0 Å². The lowest BCUT2D eigenvalue weighted by Crippen LogP contribution is -2.03. The molecule has 0 amide bonds. The van der Waals surface area contributed by atoms with Crippen LogP contribution in [0.3, 0.4) is 0 Å². The molecule has 1 N–H and O–H groups in total. The van der Waals surface area contributed by atoms with Crippen LogP contribution in [0.2, 0.25) is 0 Å². The molecule has 0 spiro atoms. The molecule has 18 heavy (non-hydrogen) atoms. The summed E-state index contributed by atoms with van der Waals surface area (Å²) in [5.41, 5.74) is -0.728. The molecule has 0 saturated carbocycles. The predicted octanol–water partition coefficient (Wildman–Crippen LogP) is 2.90. The highest BCUT2D eigenvalue weighted by Crippen LogP contribution is 2.33. The highest BCUT2D eigenvalue weighted by Gasteiger charge is 2.18. The molecule has 0 aliphatic rings. The fourth-order valence-corrected chi connectivity index (χ4v) is 1.80. The maximum absolute atomic E-state index is 13.1. The van der Waals surface area contributed by atoms with Gasteiger partial charge in [-0.1, -0.05) is 0 Å². The Morgan fingerprint density at radius 1 is 1.22 bits per heavy atom. The van der Waals surface area contributed by atoms with Crippen LogP contribution >= 0.6 is 0 Å². The first-order valence-corrected chi connectivity index (χ1v) is 5.16. The summed E-state index contributed by atoms with van der Waals surface area (Å²) in [6.45, 7) is 0. The summed E-state index contributed by atoms with van der Waals surface area (Å²) in [7, 11) is 0. The van der Waals surface area contributed by atoms with Crippen LogP contribution in [0.15, 0.2) is 50.2 Å². The SMILES string of the molecule is O=c1oc2ccc(F)cc2c(O)c1-c1ccco1. The Hall–Kier alpha value is -2.56. The van der Waals surface area contributed by atoms with Gasteiger partial charge in [-0.3, -0.25) is 0 Å². The Morgan fingerprint density at radius 3 is 2.78 bits per heavy atom. The third-order valence-electron chi connectivity index (χ3n) is 2.61. The van der Waals surface area contributed by atoms with E-state index in [4.69, 9.17) is 8.83 Å². The van der Waals surface area contributed by atoms with Crippen LogP contribution in [0.4, 0.5) is 4.39 Å². The number of hydrogen-bond donors (Lipinski definition) is 1. The van der Waals surface area contributed by atoms with E-state index in [9.17, 15) is 14.3 Å². The molecule has 0 bridgehead atoms. The fourth-order valence-electron chi connectivity index (χ4n) is 1.80. The third kappa shape index (κ3) is 1.48. The van der Waals surface area contributed by atoms with Crippen molar-refractivity contribution in [1.29, 1.82) is 0 Å². The van der Waals surface area contributed by atoms with Gasteiger partial charge in [-0.05, 0) is 30.3 Å². The molecule has 0 aliphatic carbocycles. The van der Waals surface area contributed by atoms with E-state index < -0.39 is 11.4 Å². The van der Waals surface area contributed by atoms with Gasteiger partial charge in [0, 0.05) is 0 Å². The van der Waals surface area contributed by atoms with E-state index in [1.54, 1.807) is 6.07 Å². The number of rotatable bonds is 1. The minimum Gasteiger partial charge on any atom is -0.506 e. The van der Waals surface area contributed by atoms with Crippen LogP contribution in [-0.2, 0) is 0 Å². The van der Waals surface area contributed by atoms with Crippen LogP contribution in [0, 0.1) is 5.82 Å². The van der Waals surface area contributed by atoms with Gasteiger partial charge in [0.1, 0.15) is 28.5 Å². The van der Waals surface area contributed by atoms with E-state index in [0.717, 1.165) is 12.1 Å². The largest absolute Gasteiger partial charge is 0.506 e. The standard InChI is InChI=1S/C13H7FO4/c14-7-3-4-9-8(6-7)12(15)11(13(16)18-9)10-2-1-5-17-10/h1-6,15H. The molecule has 2 aromatic heterocycles. The lowest BCUT2D eigenvalue weighted by atomic mass is 10.1. The van der Waals surface area contributed by atoms with Gasteiger partial charge in [0.2, 0.25) is 0 Å². The second-order valence-electron chi connectivity index (χ2n) is 3.73. The zero-order valence-electron chi connectivity index (χ0n) is 9.01. The Morgan fingerprint density at radius 2 is 2.06 bits per heavy atom. The van der Waals surface area contributed by atoms with Crippen LogP contribution in [0.1, 0.15) is 0 Å². The van der Waals surface area contributed by atoms with Crippen LogP contribution in [0.25, 0.3) is 22.3 Å². The van der Waals surface area contributed by atoms with E-state index in [0.29, 0.717) is 0 Å². The molecule has 0 saturated heterocycles.